The smallest absolute Gasteiger partial charge is 0.122 e. The van der Waals surface area contributed by atoms with E-state index in [1.165, 1.54) is 0 Å². The van der Waals surface area contributed by atoms with Gasteiger partial charge in [0, 0.05) is 6.07 Å². The van der Waals surface area contributed by atoms with E-state index in [0.29, 0.717) is 6.61 Å². The van der Waals surface area contributed by atoms with E-state index >= 15 is 0 Å². The molecule has 1 rings (SSSR count). The number of unbranched alkanes of at least 4 members (excludes halogenated alkanes) is 1. The van der Waals surface area contributed by atoms with E-state index in [9.17, 15) is 0 Å². The topological polar surface area (TPSA) is 18.5 Å². The van der Waals surface area contributed by atoms with Crippen molar-refractivity contribution in [2.24, 2.45) is 0 Å². The van der Waals surface area contributed by atoms with Gasteiger partial charge in [-0.3, -0.25) is 0 Å². The Morgan fingerprint density at radius 3 is 2.57 bits per heavy atom. The van der Waals surface area contributed by atoms with Gasteiger partial charge in [0.2, 0.25) is 0 Å². The van der Waals surface area contributed by atoms with Crippen molar-refractivity contribution in [3.05, 3.63) is 31.2 Å². The molecule has 0 N–H and O–H groups in total. The molecular weight excluding hydrogens is 176 g/mol. The predicted octanol–water partition coefficient (Wildman–Crippen LogP) is 3.08. The molecule has 2 heteroatoms. The number of hydrogen-bond donors (Lipinski definition) is 0. The van der Waals surface area contributed by atoms with Gasteiger partial charge in [0.15, 0.2) is 0 Å². The molecule has 0 atom stereocenters. The molecule has 0 fully saturated rings. The summed E-state index contributed by atoms with van der Waals surface area (Å²) in [7, 11) is 0. The fraction of sp³-hybridized carbons (Fsp3) is 0.417. The van der Waals surface area contributed by atoms with Gasteiger partial charge in [-0.15, -0.1) is 0 Å². The van der Waals surface area contributed by atoms with Gasteiger partial charge in [0.05, 0.1) is 13.2 Å². The van der Waals surface area contributed by atoms with Gasteiger partial charge < -0.3 is 9.47 Å². The number of hydrogen-bond acceptors (Lipinski definition) is 2. The summed E-state index contributed by atoms with van der Waals surface area (Å²) >= 11 is 0. The Morgan fingerprint density at radius 2 is 1.93 bits per heavy atom. The predicted molar refractivity (Wildman–Crippen MR) is 57.7 cm³/mol. The van der Waals surface area contributed by atoms with Crippen molar-refractivity contribution in [3.8, 4) is 11.5 Å². The van der Waals surface area contributed by atoms with Crippen molar-refractivity contribution >= 4 is 0 Å². The minimum atomic E-state index is 0.683. The summed E-state index contributed by atoms with van der Waals surface area (Å²) in [6.45, 7) is 7.13. The molecular formula is C12H17O2. The van der Waals surface area contributed by atoms with E-state index in [-0.39, 0.29) is 0 Å². The first-order chi connectivity index (χ1) is 6.86. The Balaban J connectivity index is 2.46. The third-order valence-corrected chi connectivity index (χ3v) is 1.78. The molecule has 0 unspecified atom stereocenters. The summed E-state index contributed by atoms with van der Waals surface area (Å²) in [4.78, 5) is 0. The molecule has 0 amide bonds. The standard InChI is InChI=1S/C12H17O2/c1-3-5-9-14-12-8-6-7-11(10-12)13-4-2/h6-8,10H,1,3-5,9H2,2H3. The Kier molecular flexibility index (Phi) is 4.90. The average Bonchev–Trinajstić information content (AvgIpc) is 2.19. The maximum Gasteiger partial charge on any atom is 0.122 e. The van der Waals surface area contributed by atoms with Gasteiger partial charge in [0.1, 0.15) is 11.5 Å². The van der Waals surface area contributed by atoms with Gasteiger partial charge in [-0.25, -0.2) is 0 Å². The van der Waals surface area contributed by atoms with Crippen LogP contribution in [0.1, 0.15) is 19.8 Å². The molecule has 2 nitrogen and oxygen atoms in total. The highest BCUT2D eigenvalue weighted by atomic mass is 16.5. The fourth-order valence-electron chi connectivity index (χ4n) is 1.11. The van der Waals surface area contributed by atoms with E-state index in [1.54, 1.807) is 0 Å². The zero-order valence-corrected chi connectivity index (χ0v) is 8.66. The lowest BCUT2D eigenvalue weighted by molar-refractivity contribution is 0.304. The van der Waals surface area contributed by atoms with Crippen LogP contribution in [0, 0.1) is 6.92 Å². The van der Waals surface area contributed by atoms with E-state index in [2.05, 4.69) is 6.92 Å². The zero-order chi connectivity index (χ0) is 10.2. The number of benzene rings is 1. The Hall–Kier alpha value is -1.18. The van der Waals surface area contributed by atoms with Crippen LogP contribution in [0.25, 0.3) is 0 Å². The summed E-state index contributed by atoms with van der Waals surface area (Å²) in [6.07, 6.45) is 1.89. The van der Waals surface area contributed by atoms with Gasteiger partial charge in [-0.1, -0.05) is 19.4 Å². The van der Waals surface area contributed by atoms with Crippen LogP contribution in [0.15, 0.2) is 24.3 Å². The van der Waals surface area contributed by atoms with E-state index < -0.39 is 0 Å². The minimum absolute atomic E-state index is 0.683. The summed E-state index contributed by atoms with van der Waals surface area (Å²) in [5.74, 6) is 1.73. The van der Waals surface area contributed by atoms with Crippen LogP contribution in [0.2, 0.25) is 0 Å². The first kappa shape index (κ1) is 10.9. The van der Waals surface area contributed by atoms with Crippen molar-refractivity contribution in [2.45, 2.75) is 19.8 Å². The monoisotopic (exact) mass is 193 g/mol. The molecule has 0 bridgehead atoms. The number of ether oxygens (including phenoxy) is 2. The van der Waals surface area contributed by atoms with E-state index in [4.69, 9.17) is 9.47 Å². The molecule has 0 aromatic heterocycles. The maximum atomic E-state index is 5.51. The highest BCUT2D eigenvalue weighted by molar-refractivity contribution is 5.32. The molecule has 0 saturated heterocycles. The van der Waals surface area contributed by atoms with Crippen LogP contribution >= 0.6 is 0 Å². The molecule has 0 heterocycles. The van der Waals surface area contributed by atoms with Crippen molar-refractivity contribution in [2.75, 3.05) is 13.2 Å². The zero-order valence-electron chi connectivity index (χ0n) is 8.66. The molecule has 0 saturated carbocycles. The lowest BCUT2D eigenvalue weighted by atomic mass is 10.3. The average molecular weight is 193 g/mol. The highest BCUT2D eigenvalue weighted by Crippen LogP contribution is 2.19. The first-order valence-electron chi connectivity index (χ1n) is 5.01. The molecule has 0 aliphatic rings. The third kappa shape index (κ3) is 3.69. The maximum absolute atomic E-state index is 5.51. The van der Waals surface area contributed by atoms with Crippen LogP contribution < -0.4 is 9.47 Å². The fourth-order valence-corrected chi connectivity index (χ4v) is 1.11. The van der Waals surface area contributed by atoms with Crippen LogP contribution in [0.4, 0.5) is 0 Å². The Labute approximate surface area is 85.8 Å². The molecule has 1 radical (unpaired) electrons. The van der Waals surface area contributed by atoms with Gasteiger partial charge >= 0.3 is 0 Å². The third-order valence-electron chi connectivity index (χ3n) is 1.78. The molecule has 14 heavy (non-hydrogen) atoms. The van der Waals surface area contributed by atoms with Crippen LogP contribution in [-0.4, -0.2) is 13.2 Å². The normalized spacial score (nSPS) is 9.86. The van der Waals surface area contributed by atoms with Crippen molar-refractivity contribution in [1.29, 1.82) is 0 Å². The Bertz CT molecular complexity index is 258. The molecule has 0 spiro atoms. The molecule has 77 valence electrons. The second-order valence-corrected chi connectivity index (χ2v) is 2.96. The van der Waals surface area contributed by atoms with Gasteiger partial charge in [0.25, 0.3) is 0 Å². The molecule has 0 aliphatic carbocycles. The van der Waals surface area contributed by atoms with Crippen molar-refractivity contribution in [1.82, 2.24) is 0 Å². The SMILES string of the molecule is [CH2]CCCOc1cccc(OCC)c1. The molecule has 1 aromatic rings. The summed E-state index contributed by atoms with van der Waals surface area (Å²) < 4.78 is 10.9. The molecule has 1 aromatic carbocycles. The Morgan fingerprint density at radius 1 is 1.21 bits per heavy atom. The summed E-state index contributed by atoms with van der Waals surface area (Å²) in [5.41, 5.74) is 0. The second-order valence-electron chi connectivity index (χ2n) is 2.96. The van der Waals surface area contributed by atoms with Crippen LogP contribution in [-0.2, 0) is 0 Å². The second kappa shape index (κ2) is 6.30. The van der Waals surface area contributed by atoms with Gasteiger partial charge in [-0.2, -0.15) is 0 Å². The van der Waals surface area contributed by atoms with Crippen LogP contribution in [0.3, 0.4) is 0 Å². The summed E-state index contributed by atoms with van der Waals surface area (Å²) in [6, 6.07) is 7.71. The van der Waals surface area contributed by atoms with Crippen molar-refractivity contribution < 1.29 is 9.47 Å². The molecule has 0 aliphatic heterocycles. The van der Waals surface area contributed by atoms with E-state index in [0.717, 1.165) is 30.9 Å². The van der Waals surface area contributed by atoms with E-state index in [1.807, 2.05) is 31.2 Å². The quantitative estimate of drug-likeness (QED) is 0.646. The van der Waals surface area contributed by atoms with Gasteiger partial charge in [-0.05, 0) is 25.5 Å². The lowest BCUT2D eigenvalue weighted by Crippen LogP contribution is -1.97. The van der Waals surface area contributed by atoms with Crippen LogP contribution in [0.5, 0.6) is 11.5 Å². The summed E-state index contributed by atoms with van der Waals surface area (Å²) in [5, 5.41) is 0. The first-order valence-corrected chi connectivity index (χ1v) is 5.01. The number of rotatable bonds is 6. The largest absolute Gasteiger partial charge is 0.494 e. The minimum Gasteiger partial charge on any atom is -0.494 e. The highest BCUT2D eigenvalue weighted by Gasteiger charge is 1.96. The van der Waals surface area contributed by atoms with Crippen molar-refractivity contribution in [3.63, 3.8) is 0 Å². The lowest BCUT2D eigenvalue weighted by Gasteiger charge is -2.07.